The minimum Gasteiger partial charge on any atom is -0.507 e. The number of alkyl carbamates (subject to hydrolysis) is 1. The molecule has 0 bridgehead atoms. The Morgan fingerprint density at radius 1 is 1.14 bits per heavy atom. The molecule has 4 amide bonds. The largest absolute Gasteiger partial charge is 0.507 e. The predicted molar refractivity (Wildman–Crippen MR) is 130 cm³/mol. The fourth-order valence-electron chi connectivity index (χ4n) is 3.66. The van der Waals surface area contributed by atoms with Crippen LogP contribution in [0.3, 0.4) is 0 Å². The second-order valence-corrected chi connectivity index (χ2v) is 11.0. The molecule has 35 heavy (non-hydrogen) atoms. The molecule has 0 heterocycles. The summed E-state index contributed by atoms with van der Waals surface area (Å²) in [4.78, 5) is 52.9. The number of aryl methyl sites for hydroxylation is 1. The van der Waals surface area contributed by atoms with Gasteiger partial charge < -0.3 is 31.1 Å². The van der Waals surface area contributed by atoms with E-state index in [0.29, 0.717) is 18.4 Å². The smallest absolute Gasteiger partial charge is 0.408 e. The number of hydrogen-bond donors (Lipinski definition) is 4. The van der Waals surface area contributed by atoms with E-state index in [2.05, 4.69) is 10.6 Å². The van der Waals surface area contributed by atoms with Crippen LogP contribution in [0.25, 0.3) is 0 Å². The minimum absolute atomic E-state index is 0.105. The summed E-state index contributed by atoms with van der Waals surface area (Å²) in [5.41, 5.74) is 4.73. The third-order valence-corrected chi connectivity index (χ3v) is 5.18. The Morgan fingerprint density at radius 2 is 1.74 bits per heavy atom. The Kier molecular flexibility index (Phi) is 8.41. The second-order valence-electron chi connectivity index (χ2n) is 11.0. The number of carbonyl (C=O) groups excluding carboxylic acids is 4. The van der Waals surface area contributed by atoms with Crippen LogP contribution in [0.2, 0.25) is 0 Å². The number of primary amides is 1. The number of phenolic OH excluding ortho intramolecular Hbond substituents is 1. The summed E-state index contributed by atoms with van der Waals surface area (Å²) in [6.45, 7) is 12.1. The van der Waals surface area contributed by atoms with E-state index in [9.17, 15) is 24.3 Å². The molecule has 1 aromatic rings. The van der Waals surface area contributed by atoms with E-state index in [-0.39, 0.29) is 17.4 Å². The summed E-state index contributed by atoms with van der Waals surface area (Å²) in [6, 6.07) is 2.12. The van der Waals surface area contributed by atoms with Crippen molar-refractivity contribution in [3.05, 3.63) is 29.3 Å². The standard InChI is InChI=1S/C25H38N4O6/c1-14-9-8-10-16(20(14)31)19(21(32)28-24(2,3)4)29(15-11-12-15)22(33)17(13-18(26)30)27-23(34)35-25(5,6)7/h8-10,15,17,19,31H,11-13H2,1-7H3,(H2,26,30)(H,27,34)(H,28,32). The Labute approximate surface area is 206 Å². The van der Waals surface area contributed by atoms with Crippen molar-refractivity contribution in [3.63, 3.8) is 0 Å². The van der Waals surface area contributed by atoms with Crippen LogP contribution in [0.4, 0.5) is 4.79 Å². The maximum Gasteiger partial charge on any atom is 0.408 e. The predicted octanol–water partition coefficient (Wildman–Crippen LogP) is 2.42. The maximum absolute atomic E-state index is 13.8. The molecular weight excluding hydrogens is 452 g/mol. The van der Waals surface area contributed by atoms with Gasteiger partial charge in [0.15, 0.2) is 0 Å². The Morgan fingerprint density at radius 3 is 2.23 bits per heavy atom. The summed E-state index contributed by atoms with van der Waals surface area (Å²) in [5.74, 6) is -2.06. The number of carbonyl (C=O) groups is 4. The van der Waals surface area contributed by atoms with Crippen molar-refractivity contribution in [2.45, 2.75) is 97.0 Å². The number of aromatic hydroxyl groups is 1. The Hall–Kier alpha value is -3.30. The fourth-order valence-corrected chi connectivity index (χ4v) is 3.66. The van der Waals surface area contributed by atoms with Gasteiger partial charge in [0, 0.05) is 17.1 Å². The molecule has 0 spiro atoms. The van der Waals surface area contributed by atoms with Gasteiger partial charge in [-0.2, -0.15) is 0 Å². The molecule has 1 aromatic carbocycles. The van der Waals surface area contributed by atoms with Gasteiger partial charge in [0.2, 0.25) is 17.7 Å². The number of nitrogens with two attached hydrogens (primary N) is 1. The van der Waals surface area contributed by atoms with Crippen LogP contribution < -0.4 is 16.4 Å². The third-order valence-electron chi connectivity index (χ3n) is 5.18. The van der Waals surface area contributed by atoms with Gasteiger partial charge >= 0.3 is 6.09 Å². The van der Waals surface area contributed by atoms with E-state index in [1.165, 1.54) is 4.90 Å². The van der Waals surface area contributed by atoms with Crippen molar-refractivity contribution in [3.8, 4) is 5.75 Å². The molecule has 0 radical (unpaired) electrons. The molecule has 2 atom stereocenters. The van der Waals surface area contributed by atoms with Crippen molar-refractivity contribution in [2.24, 2.45) is 5.73 Å². The van der Waals surface area contributed by atoms with Crippen molar-refractivity contribution in [2.75, 3.05) is 0 Å². The van der Waals surface area contributed by atoms with E-state index in [1.807, 2.05) is 0 Å². The number of ether oxygens (including phenoxy) is 1. The fraction of sp³-hybridized carbons (Fsp3) is 0.600. The van der Waals surface area contributed by atoms with Gasteiger partial charge in [-0.05, 0) is 66.9 Å². The van der Waals surface area contributed by atoms with Crippen molar-refractivity contribution in [1.29, 1.82) is 0 Å². The number of phenols is 1. The number of nitrogens with zero attached hydrogens (tertiary/aromatic N) is 1. The average molecular weight is 491 g/mol. The lowest BCUT2D eigenvalue weighted by Gasteiger charge is -2.36. The van der Waals surface area contributed by atoms with Crippen LogP contribution in [0.5, 0.6) is 5.75 Å². The second kappa shape index (κ2) is 10.5. The van der Waals surface area contributed by atoms with Gasteiger partial charge in [0.05, 0.1) is 6.42 Å². The third kappa shape index (κ3) is 8.15. The minimum atomic E-state index is -1.35. The zero-order valence-electron chi connectivity index (χ0n) is 21.6. The first-order chi connectivity index (χ1) is 16.0. The number of hydrogen-bond acceptors (Lipinski definition) is 6. The Balaban J connectivity index is 2.53. The van der Waals surface area contributed by atoms with E-state index in [4.69, 9.17) is 10.5 Å². The van der Waals surface area contributed by atoms with Crippen LogP contribution in [0.1, 0.15) is 78.0 Å². The van der Waals surface area contributed by atoms with Gasteiger partial charge in [0.25, 0.3) is 0 Å². The maximum atomic E-state index is 13.8. The van der Waals surface area contributed by atoms with Crippen molar-refractivity contribution < 1.29 is 29.0 Å². The molecule has 0 aliphatic heterocycles. The first-order valence-corrected chi connectivity index (χ1v) is 11.7. The van der Waals surface area contributed by atoms with Gasteiger partial charge in [-0.3, -0.25) is 14.4 Å². The highest BCUT2D eigenvalue weighted by Gasteiger charge is 2.45. The van der Waals surface area contributed by atoms with Crippen LogP contribution in [0.15, 0.2) is 18.2 Å². The quantitative estimate of drug-likeness (QED) is 0.439. The molecule has 194 valence electrons. The van der Waals surface area contributed by atoms with E-state index in [0.717, 1.165) is 0 Å². The first kappa shape index (κ1) is 27.9. The molecule has 0 aromatic heterocycles. The highest BCUT2D eigenvalue weighted by molar-refractivity contribution is 5.95. The molecule has 10 nitrogen and oxygen atoms in total. The number of benzene rings is 1. The molecule has 5 N–H and O–H groups in total. The highest BCUT2D eigenvalue weighted by Crippen LogP contribution is 2.39. The van der Waals surface area contributed by atoms with Crippen molar-refractivity contribution in [1.82, 2.24) is 15.5 Å². The SMILES string of the molecule is Cc1cccc(C(C(=O)NC(C)(C)C)N(C(=O)C(CC(N)=O)NC(=O)OC(C)(C)C)C2CC2)c1O. The lowest BCUT2D eigenvalue weighted by Crippen LogP contribution is -2.56. The lowest BCUT2D eigenvalue weighted by atomic mass is 9.97. The van der Waals surface area contributed by atoms with E-state index >= 15 is 0 Å². The van der Waals surface area contributed by atoms with Gasteiger partial charge in [0.1, 0.15) is 23.4 Å². The first-order valence-electron chi connectivity index (χ1n) is 11.7. The Bertz CT molecular complexity index is 975. The van der Waals surface area contributed by atoms with Crippen LogP contribution in [-0.4, -0.2) is 57.0 Å². The van der Waals surface area contributed by atoms with E-state index < -0.39 is 53.5 Å². The zero-order chi connectivity index (χ0) is 26.7. The lowest BCUT2D eigenvalue weighted by molar-refractivity contribution is -0.144. The molecular formula is C25H38N4O6. The summed E-state index contributed by atoms with van der Waals surface area (Å²) < 4.78 is 5.26. The molecule has 2 rings (SSSR count). The molecule has 1 aliphatic carbocycles. The van der Waals surface area contributed by atoms with Gasteiger partial charge in [-0.1, -0.05) is 18.2 Å². The highest BCUT2D eigenvalue weighted by atomic mass is 16.6. The monoisotopic (exact) mass is 490 g/mol. The van der Waals surface area contributed by atoms with Gasteiger partial charge in [-0.25, -0.2) is 4.79 Å². The molecule has 1 fully saturated rings. The summed E-state index contributed by atoms with van der Waals surface area (Å²) >= 11 is 0. The van der Waals surface area contributed by atoms with Gasteiger partial charge in [-0.15, -0.1) is 0 Å². The summed E-state index contributed by atoms with van der Waals surface area (Å²) in [5, 5.41) is 16.1. The zero-order valence-corrected chi connectivity index (χ0v) is 21.6. The normalized spacial score (nSPS) is 15.5. The number of para-hydroxylation sites is 1. The topological polar surface area (TPSA) is 151 Å². The van der Waals surface area contributed by atoms with E-state index in [1.54, 1.807) is 66.7 Å². The molecule has 2 unspecified atom stereocenters. The molecule has 1 saturated carbocycles. The molecule has 10 heteroatoms. The summed E-state index contributed by atoms with van der Waals surface area (Å²) in [6.07, 6.45) is -0.1000. The molecule has 1 aliphatic rings. The molecule has 0 saturated heterocycles. The number of nitrogens with one attached hydrogen (secondary N) is 2. The summed E-state index contributed by atoms with van der Waals surface area (Å²) in [7, 11) is 0. The number of amides is 4. The van der Waals surface area contributed by atoms with Crippen molar-refractivity contribution >= 4 is 23.8 Å². The van der Waals surface area contributed by atoms with Crippen LogP contribution in [0, 0.1) is 6.92 Å². The number of rotatable bonds is 8. The average Bonchev–Trinajstić information content (AvgIpc) is 3.49. The van der Waals surface area contributed by atoms with Crippen LogP contribution >= 0.6 is 0 Å². The van der Waals surface area contributed by atoms with Crippen LogP contribution in [-0.2, 0) is 19.1 Å².